The lowest BCUT2D eigenvalue weighted by Gasteiger charge is -2.06. The second-order valence-corrected chi connectivity index (χ2v) is 4.39. The van der Waals surface area contributed by atoms with Gasteiger partial charge in [-0.2, -0.15) is 0 Å². The Morgan fingerprint density at radius 1 is 0.789 bits per heavy atom. The number of carbonyl (C=O) groups is 2. The van der Waals surface area contributed by atoms with E-state index in [1.165, 1.54) is 0 Å². The number of hydrogen-bond donors (Lipinski definition) is 2. The first-order valence-corrected chi connectivity index (χ1v) is 5.79. The minimum absolute atomic E-state index is 0.450. The van der Waals surface area contributed by atoms with E-state index in [1.807, 2.05) is 13.0 Å². The molecule has 4 N–H and O–H groups in total. The molecule has 0 saturated heterocycles. The normalized spacial score (nSPS) is 10.2. The van der Waals surface area contributed by atoms with Gasteiger partial charge in [-0.05, 0) is 47.9 Å². The maximum absolute atomic E-state index is 11.2. The zero-order chi connectivity index (χ0) is 14.0. The van der Waals surface area contributed by atoms with E-state index in [0.29, 0.717) is 11.1 Å². The summed E-state index contributed by atoms with van der Waals surface area (Å²) >= 11 is 0. The van der Waals surface area contributed by atoms with Gasteiger partial charge in [-0.3, -0.25) is 9.59 Å². The van der Waals surface area contributed by atoms with Crippen LogP contribution in [0.4, 0.5) is 0 Å². The van der Waals surface area contributed by atoms with Crippen molar-refractivity contribution in [1.29, 1.82) is 0 Å². The highest BCUT2D eigenvalue weighted by Crippen LogP contribution is 2.22. The smallest absolute Gasteiger partial charge is 0.248 e. The van der Waals surface area contributed by atoms with Crippen molar-refractivity contribution < 1.29 is 9.59 Å². The molecule has 2 aromatic carbocycles. The van der Waals surface area contributed by atoms with Gasteiger partial charge in [-0.1, -0.05) is 18.2 Å². The molecular formula is C15H14N2O2. The van der Waals surface area contributed by atoms with Crippen molar-refractivity contribution in [2.24, 2.45) is 11.5 Å². The summed E-state index contributed by atoms with van der Waals surface area (Å²) in [5.74, 6) is -0.924. The van der Waals surface area contributed by atoms with Crippen molar-refractivity contribution in [3.8, 4) is 11.1 Å². The fourth-order valence-corrected chi connectivity index (χ4v) is 1.92. The van der Waals surface area contributed by atoms with E-state index in [9.17, 15) is 9.59 Å². The number of rotatable bonds is 3. The number of hydrogen-bond acceptors (Lipinski definition) is 2. The van der Waals surface area contributed by atoms with Gasteiger partial charge in [0.2, 0.25) is 11.8 Å². The van der Waals surface area contributed by atoms with Crippen LogP contribution in [0.5, 0.6) is 0 Å². The number of primary amides is 2. The van der Waals surface area contributed by atoms with Crippen molar-refractivity contribution in [3.63, 3.8) is 0 Å². The Labute approximate surface area is 111 Å². The van der Waals surface area contributed by atoms with Crippen molar-refractivity contribution in [2.75, 3.05) is 0 Å². The molecule has 0 aliphatic rings. The number of benzene rings is 2. The van der Waals surface area contributed by atoms with Crippen LogP contribution in [-0.4, -0.2) is 11.8 Å². The Balaban J connectivity index is 2.46. The molecule has 0 heterocycles. The molecule has 19 heavy (non-hydrogen) atoms. The molecule has 0 atom stereocenters. The summed E-state index contributed by atoms with van der Waals surface area (Å²) in [4.78, 5) is 22.2. The maximum atomic E-state index is 11.2. The monoisotopic (exact) mass is 254 g/mol. The lowest BCUT2D eigenvalue weighted by atomic mass is 9.99. The van der Waals surface area contributed by atoms with Crippen LogP contribution in [0.3, 0.4) is 0 Å². The van der Waals surface area contributed by atoms with Crippen molar-refractivity contribution in [3.05, 3.63) is 59.2 Å². The quantitative estimate of drug-likeness (QED) is 0.875. The largest absolute Gasteiger partial charge is 0.366 e. The van der Waals surface area contributed by atoms with Gasteiger partial charge >= 0.3 is 0 Å². The summed E-state index contributed by atoms with van der Waals surface area (Å²) in [5, 5.41) is 0. The number of amides is 2. The number of aryl methyl sites for hydroxylation is 1. The first kappa shape index (κ1) is 12.8. The summed E-state index contributed by atoms with van der Waals surface area (Å²) in [6.45, 7) is 1.90. The minimum Gasteiger partial charge on any atom is -0.366 e. The van der Waals surface area contributed by atoms with Gasteiger partial charge in [0.1, 0.15) is 0 Å². The van der Waals surface area contributed by atoms with Crippen LogP contribution in [0, 0.1) is 6.92 Å². The summed E-state index contributed by atoms with van der Waals surface area (Å²) in [7, 11) is 0. The molecular weight excluding hydrogens is 240 g/mol. The van der Waals surface area contributed by atoms with E-state index in [-0.39, 0.29) is 0 Å². The van der Waals surface area contributed by atoms with Crippen molar-refractivity contribution >= 4 is 11.8 Å². The third-order valence-corrected chi connectivity index (χ3v) is 2.86. The molecule has 0 aliphatic heterocycles. The SMILES string of the molecule is Cc1cc(C(N)=O)cc(-c2ccc(C(N)=O)cc2)c1. The molecule has 0 fully saturated rings. The van der Waals surface area contributed by atoms with Crippen LogP contribution >= 0.6 is 0 Å². The van der Waals surface area contributed by atoms with Gasteiger partial charge in [-0.25, -0.2) is 0 Å². The highest BCUT2D eigenvalue weighted by atomic mass is 16.1. The van der Waals surface area contributed by atoms with Crippen LogP contribution in [0.2, 0.25) is 0 Å². The molecule has 4 heteroatoms. The van der Waals surface area contributed by atoms with Crippen LogP contribution in [0.1, 0.15) is 26.3 Å². The first-order chi connectivity index (χ1) is 8.97. The van der Waals surface area contributed by atoms with E-state index in [1.54, 1.807) is 36.4 Å². The molecule has 96 valence electrons. The van der Waals surface area contributed by atoms with Crippen molar-refractivity contribution in [1.82, 2.24) is 0 Å². The average molecular weight is 254 g/mol. The summed E-state index contributed by atoms with van der Waals surface area (Å²) in [6.07, 6.45) is 0. The van der Waals surface area contributed by atoms with E-state index < -0.39 is 11.8 Å². The third-order valence-electron chi connectivity index (χ3n) is 2.86. The van der Waals surface area contributed by atoms with Gasteiger partial charge in [-0.15, -0.1) is 0 Å². The zero-order valence-corrected chi connectivity index (χ0v) is 10.5. The zero-order valence-electron chi connectivity index (χ0n) is 10.5. The Kier molecular flexibility index (Phi) is 3.33. The Bertz CT molecular complexity index is 646. The molecule has 0 spiro atoms. The van der Waals surface area contributed by atoms with E-state index in [0.717, 1.165) is 16.7 Å². The molecule has 2 aromatic rings. The predicted molar refractivity (Wildman–Crippen MR) is 73.7 cm³/mol. The van der Waals surface area contributed by atoms with Crippen LogP contribution in [0.25, 0.3) is 11.1 Å². The molecule has 0 bridgehead atoms. The third kappa shape index (κ3) is 2.80. The van der Waals surface area contributed by atoms with Gasteiger partial charge in [0.25, 0.3) is 0 Å². The molecule has 2 amide bonds. The topological polar surface area (TPSA) is 86.2 Å². The molecule has 0 radical (unpaired) electrons. The second kappa shape index (κ2) is 4.94. The van der Waals surface area contributed by atoms with Crippen LogP contribution in [-0.2, 0) is 0 Å². The number of carbonyl (C=O) groups excluding carboxylic acids is 2. The Morgan fingerprint density at radius 2 is 1.37 bits per heavy atom. The molecule has 4 nitrogen and oxygen atoms in total. The van der Waals surface area contributed by atoms with Gasteiger partial charge in [0.15, 0.2) is 0 Å². The summed E-state index contributed by atoms with van der Waals surface area (Å²) < 4.78 is 0. The number of nitrogens with two attached hydrogens (primary N) is 2. The standard InChI is InChI=1S/C15H14N2O2/c1-9-6-12(8-13(7-9)15(17)19)10-2-4-11(5-3-10)14(16)18/h2-8H,1H3,(H2,16,18)(H2,17,19). The average Bonchev–Trinajstić information content (AvgIpc) is 2.38. The first-order valence-electron chi connectivity index (χ1n) is 5.79. The lowest BCUT2D eigenvalue weighted by Crippen LogP contribution is -2.11. The molecule has 0 saturated carbocycles. The Hall–Kier alpha value is -2.62. The summed E-state index contributed by atoms with van der Waals surface area (Å²) in [6, 6.07) is 12.3. The van der Waals surface area contributed by atoms with Gasteiger partial charge < -0.3 is 11.5 Å². The van der Waals surface area contributed by atoms with Gasteiger partial charge in [0, 0.05) is 11.1 Å². The highest BCUT2D eigenvalue weighted by Gasteiger charge is 2.06. The van der Waals surface area contributed by atoms with Gasteiger partial charge in [0.05, 0.1) is 0 Å². The fraction of sp³-hybridized carbons (Fsp3) is 0.0667. The highest BCUT2D eigenvalue weighted by molar-refractivity contribution is 5.95. The Morgan fingerprint density at radius 3 is 1.89 bits per heavy atom. The van der Waals surface area contributed by atoms with E-state index in [4.69, 9.17) is 11.5 Å². The minimum atomic E-state index is -0.464. The van der Waals surface area contributed by atoms with Crippen LogP contribution < -0.4 is 11.5 Å². The second-order valence-electron chi connectivity index (χ2n) is 4.39. The lowest BCUT2D eigenvalue weighted by molar-refractivity contribution is 0.0992. The molecule has 2 rings (SSSR count). The molecule has 0 aliphatic carbocycles. The predicted octanol–water partition coefficient (Wildman–Crippen LogP) is 1.86. The fourth-order valence-electron chi connectivity index (χ4n) is 1.92. The van der Waals surface area contributed by atoms with Crippen LogP contribution in [0.15, 0.2) is 42.5 Å². The summed E-state index contributed by atoms with van der Waals surface area (Å²) in [5.41, 5.74) is 14.1. The van der Waals surface area contributed by atoms with Crippen molar-refractivity contribution in [2.45, 2.75) is 6.92 Å². The maximum Gasteiger partial charge on any atom is 0.248 e. The molecule has 0 unspecified atom stereocenters. The molecule has 0 aromatic heterocycles. The van der Waals surface area contributed by atoms with E-state index in [2.05, 4.69) is 0 Å². The van der Waals surface area contributed by atoms with E-state index >= 15 is 0 Å².